The first-order chi connectivity index (χ1) is 10.3. The molecule has 0 spiro atoms. The Morgan fingerprint density at radius 1 is 1.29 bits per heavy atom. The summed E-state index contributed by atoms with van der Waals surface area (Å²) in [6, 6.07) is 2.02. The lowest BCUT2D eigenvalue weighted by molar-refractivity contribution is 0.0249. The highest BCUT2D eigenvalue weighted by Crippen LogP contribution is 2.20. The van der Waals surface area contributed by atoms with Crippen LogP contribution < -0.4 is 10.6 Å². The Hall–Kier alpha value is -1.24. The first kappa shape index (κ1) is 14.7. The molecule has 3 rings (SSSR count). The molecule has 3 heterocycles. The summed E-state index contributed by atoms with van der Waals surface area (Å²) in [5, 5.41) is 6.79. The van der Waals surface area contributed by atoms with E-state index < -0.39 is 0 Å². The van der Waals surface area contributed by atoms with E-state index in [9.17, 15) is 0 Å². The molecule has 2 fully saturated rings. The van der Waals surface area contributed by atoms with Gasteiger partial charge in [0, 0.05) is 38.9 Å². The summed E-state index contributed by atoms with van der Waals surface area (Å²) >= 11 is 0. The van der Waals surface area contributed by atoms with E-state index in [-0.39, 0.29) is 6.10 Å². The van der Waals surface area contributed by atoms with Crippen LogP contribution in [0.25, 0.3) is 0 Å². The van der Waals surface area contributed by atoms with Crippen LogP contribution in [0.2, 0.25) is 0 Å². The second-order valence-corrected chi connectivity index (χ2v) is 5.73. The number of hydrogen-bond donors (Lipinski definition) is 2. The Kier molecular flexibility index (Phi) is 5.00. The molecule has 0 aliphatic carbocycles. The van der Waals surface area contributed by atoms with Gasteiger partial charge in [-0.25, -0.2) is 9.97 Å². The summed E-state index contributed by atoms with van der Waals surface area (Å²) in [5.74, 6) is 2.36. The largest absolute Gasteiger partial charge is 0.381 e. The van der Waals surface area contributed by atoms with Crippen LogP contribution in [0, 0.1) is 12.8 Å². The van der Waals surface area contributed by atoms with Gasteiger partial charge in [0.05, 0.1) is 12.3 Å². The van der Waals surface area contributed by atoms with E-state index in [1.54, 1.807) is 0 Å². The fourth-order valence-corrected chi connectivity index (χ4v) is 2.80. The van der Waals surface area contributed by atoms with Gasteiger partial charge in [0.15, 0.2) is 0 Å². The van der Waals surface area contributed by atoms with Crippen molar-refractivity contribution in [3.8, 4) is 0 Å². The standard InChI is InChI=1S/C15H24N4O2/c1-11-18-13(14-10-16-4-7-21-14)8-15(19-11)17-9-12-2-5-20-6-3-12/h8,12,14,16H,2-7,9-10H2,1H3,(H,17,18,19). The zero-order chi connectivity index (χ0) is 14.5. The average molecular weight is 292 g/mol. The number of nitrogens with one attached hydrogen (secondary N) is 2. The van der Waals surface area contributed by atoms with Crippen molar-refractivity contribution in [1.29, 1.82) is 0 Å². The van der Waals surface area contributed by atoms with Gasteiger partial charge in [-0.05, 0) is 25.7 Å². The van der Waals surface area contributed by atoms with Crippen molar-refractivity contribution in [3.05, 3.63) is 17.6 Å². The SMILES string of the molecule is Cc1nc(NCC2CCOCC2)cc(C2CNCCO2)n1. The van der Waals surface area contributed by atoms with Crippen LogP contribution in [0.15, 0.2) is 6.07 Å². The van der Waals surface area contributed by atoms with Crippen LogP contribution in [-0.4, -0.2) is 49.4 Å². The Labute approximate surface area is 125 Å². The van der Waals surface area contributed by atoms with Gasteiger partial charge in [-0.1, -0.05) is 0 Å². The second kappa shape index (κ2) is 7.15. The number of rotatable bonds is 4. The molecule has 2 N–H and O–H groups in total. The minimum absolute atomic E-state index is 0.0316. The minimum atomic E-state index is 0.0316. The smallest absolute Gasteiger partial charge is 0.130 e. The summed E-state index contributed by atoms with van der Waals surface area (Å²) in [5.41, 5.74) is 0.962. The Bertz CT molecular complexity index is 457. The maximum absolute atomic E-state index is 5.77. The topological polar surface area (TPSA) is 68.3 Å². The molecule has 6 heteroatoms. The molecule has 0 saturated carbocycles. The van der Waals surface area contributed by atoms with E-state index in [1.807, 2.05) is 13.0 Å². The first-order valence-corrected chi connectivity index (χ1v) is 7.81. The lowest BCUT2D eigenvalue weighted by Gasteiger charge is -2.24. The molecule has 2 aliphatic rings. The van der Waals surface area contributed by atoms with E-state index in [2.05, 4.69) is 20.6 Å². The summed E-state index contributed by atoms with van der Waals surface area (Å²) in [6.45, 7) is 7.09. The molecule has 2 aliphatic heterocycles. The van der Waals surface area contributed by atoms with E-state index in [4.69, 9.17) is 9.47 Å². The van der Waals surface area contributed by atoms with Crippen molar-refractivity contribution in [2.45, 2.75) is 25.9 Å². The van der Waals surface area contributed by atoms with Gasteiger partial charge in [0.2, 0.25) is 0 Å². The van der Waals surface area contributed by atoms with Gasteiger partial charge in [-0.2, -0.15) is 0 Å². The molecule has 1 atom stereocenters. The van der Waals surface area contributed by atoms with Crippen LogP contribution in [0.5, 0.6) is 0 Å². The van der Waals surface area contributed by atoms with Crippen molar-refractivity contribution in [2.75, 3.05) is 44.8 Å². The zero-order valence-electron chi connectivity index (χ0n) is 12.6. The third-order valence-electron chi connectivity index (χ3n) is 4.03. The van der Waals surface area contributed by atoms with Gasteiger partial charge in [0.25, 0.3) is 0 Å². The molecule has 0 bridgehead atoms. The van der Waals surface area contributed by atoms with Crippen LogP contribution in [0.1, 0.15) is 30.5 Å². The fraction of sp³-hybridized carbons (Fsp3) is 0.733. The third kappa shape index (κ3) is 4.12. The lowest BCUT2D eigenvalue weighted by atomic mass is 10.0. The summed E-state index contributed by atoms with van der Waals surface area (Å²) < 4.78 is 11.2. The van der Waals surface area contributed by atoms with E-state index in [1.165, 1.54) is 0 Å². The van der Waals surface area contributed by atoms with Crippen molar-refractivity contribution in [3.63, 3.8) is 0 Å². The minimum Gasteiger partial charge on any atom is -0.381 e. The highest BCUT2D eigenvalue weighted by Gasteiger charge is 2.19. The molecular weight excluding hydrogens is 268 g/mol. The van der Waals surface area contributed by atoms with Gasteiger partial charge < -0.3 is 20.1 Å². The molecule has 1 aromatic heterocycles. The summed E-state index contributed by atoms with van der Waals surface area (Å²) in [7, 11) is 0. The van der Waals surface area contributed by atoms with Crippen LogP contribution in [0.3, 0.4) is 0 Å². The molecule has 6 nitrogen and oxygen atoms in total. The van der Waals surface area contributed by atoms with Crippen molar-refractivity contribution < 1.29 is 9.47 Å². The first-order valence-electron chi connectivity index (χ1n) is 7.81. The maximum Gasteiger partial charge on any atom is 0.130 e. The molecule has 116 valence electrons. The summed E-state index contributed by atoms with van der Waals surface area (Å²) in [4.78, 5) is 9.00. The van der Waals surface area contributed by atoms with Crippen LogP contribution >= 0.6 is 0 Å². The zero-order valence-corrected chi connectivity index (χ0v) is 12.6. The van der Waals surface area contributed by atoms with Crippen molar-refractivity contribution in [2.24, 2.45) is 5.92 Å². The lowest BCUT2D eigenvalue weighted by Crippen LogP contribution is -2.34. The molecule has 0 radical (unpaired) electrons. The quantitative estimate of drug-likeness (QED) is 0.871. The van der Waals surface area contributed by atoms with E-state index in [0.717, 1.165) is 69.6 Å². The normalized spacial score (nSPS) is 24.0. The van der Waals surface area contributed by atoms with E-state index in [0.29, 0.717) is 5.92 Å². The van der Waals surface area contributed by atoms with Gasteiger partial charge in [0.1, 0.15) is 17.7 Å². The molecule has 1 unspecified atom stereocenters. The molecule has 21 heavy (non-hydrogen) atoms. The number of hydrogen-bond acceptors (Lipinski definition) is 6. The maximum atomic E-state index is 5.77. The number of morpholine rings is 1. The van der Waals surface area contributed by atoms with Gasteiger partial charge in [-0.15, -0.1) is 0 Å². The molecular formula is C15H24N4O2. The Morgan fingerprint density at radius 2 is 2.14 bits per heavy atom. The van der Waals surface area contributed by atoms with Gasteiger partial charge >= 0.3 is 0 Å². The monoisotopic (exact) mass is 292 g/mol. The van der Waals surface area contributed by atoms with Crippen molar-refractivity contribution >= 4 is 5.82 Å². The number of anilines is 1. The van der Waals surface area contributed by atoms with Crippen LogP contribution in [-0.2, 0) is 9.47 Å². The Balaban J connectivity index is 1.62. The summed E-state index contributed by atoms with van der Waals surface area (Å²) in [6.07, 6.45) is 2.28. The van der Waals surface area contributed by atoms with Crippen LogP contribution in [0.4, 0.5) is 5.82 Å². The predicted octanol–water partition coefficient (Wildman–Crippen LogP) is 1.28. The number of ether oxygens (including phenoxy) is 2. The average Bonchev–Trinajstić information content (AvgIpc) is 2.54. The highest BCUT2D eigenvalue weighted by molar-refractivity contribution is 5.37. The second-order valence-electron chi connectivity index (χ2n) is 5.73. The van der Waals surface area contributed by atoms with Crippen molar-refractivity contribution in [1.82, 2.24) is 15.3 Å². The van der Waals surface area contributed by atoms with E-state index >= 15 is 0 Å². The molecule has 2 saturated heterocycles. The Morgan fingerprint density at radius 3 is 2.90 bits per heavy atom. The molecule has 0 aromatic carbocycles. The number of aryl methyl sites for hydroxylation is 1. The molecule has 0 amide bonds. The fourth-order valence-electron chi connectivity index (χ4n) is 2.80. The number of nitrogens with zero attached hydrogens (tertiary/aromatic N) is 2. The molecule has 1 aromatic rings. The highest BCUT2D eigenvalue weighted by atomic mass is 16.5. The van der Waals surface area contributed by atoms with Gasteiger partial charge in [-0.3, -0.25) is 0 Å². The predicted molar refractivity (Wildman–Crippen MR) is 80.4 cm³/mol. The third-order valence-corrected chi connectivity index (χ3v) is 4.03. The number of aromatic nitrogens is 2.